The van der Waals surface area contributed by atoms with Crippen molar-refractivity contribution in [1.82, 2.24) is 14.1 Å². The Kier molecular flexibility index (Phi) is 4.24. The van der Waals surface area contributed by atoms with Gasteiger partial charge in [-0.15, -0.1) is 0 Å². The predicted octanol–water partition coefficient (Wildman–Crippen LogP) is 1.50. The lowest BCUT2D eigenvalue weighted by Gasteiger charge is -2.12. The summed E-state index contributed by atoms with van der Waals surface area (Å²) < 4.78 is 2.48. The summed E-state index contributed by atoms with van der Waals surface area (Å²) >= 11 is 5.81. The molecule has 7 heteroatoms. The number of hydrogen-bond donors (Lipinski definition) is 1. The van der Waals surface area contributed by atoms with E-state index in [4.69, 9.17) is 11.6 Å². The van der Waals surface area contributed by atoms with Crippen LogP contribution in [-0.4, -0.2) is 21.2 Å². The van der Waals surface area contributed by atoms with Gasteiger partial charge in [0.15, 0.2) is 0 Å². The number of halogens is 1. The van der Waals surface area contributed by atoms with Gasteiger partial charge >= 0.3 is 11.4 Å². The molecule has 0 radical (unpaired) electrons. The van der Waals surface area contributed by atoms with E-state index < -0.39 is 11.4 Å². The number of nitrogens with zero attached hydrogens (tertiary/aromatic N) is 3. The molecule has 1 N–H and O–H groups in total. The fraction of sp³-hybridized carbons (Fsp3) is 0.308. The number of anilines is 1. The number of nitrogens with one attached hydrogen (secondary N) is 1. The summed E-state index contributed by atoms with van der Waals surface area (Å²) in [5.41, 5.74) is -0.586. The SMILES string of the molecule is CCCn1c(NC)nc(=O)n(-c2ccc(Cl)cc2)c1=O. The predicted molar refractivity (Wildman–Crippen MR) is 78.9 cm³/mol. The fourth-order valence-corrected chi connectivity index (χ4v) is 2.05. The Labute approximate surface area is 120 Å². The van der Waals surface area contributed by atoms with Crippen LogP contribution in [0.2, 0.25) is 5.02 Å². The fourth-order valence-electron chi connectivity index (χ4n) is 1.92. The minimum atomic E-state index is -0.617. The van der Waals surface area contributed by atoms with Crippen LogP contribution in [0.1, 0.15) is 13.3 Å². The maximum atomic E-state index is 12.5. The zero-order chi connectivity index (χ0) is 14.7. The molecule has 2 aromatic rings. The van der Waals surface area contributed by atoms with Gasteiger partial charge in [-0.05, 0) is 30.7 Å². The molecule has 0 saturated carbocycles. The zero-order valence-electron chi connectivity index (χ0n) is 11.3. The second kappa shape index (κ2) is 5.92. The molecule has 1 aromatic heterocycles. The van der Waals surface area contributed by atoms with Gasteiger partial charge in [0, 0.05) is 18.6 Å². The van der Waals surface area contributed by atoms with E-state index in [0.717, 1.165) is 11.0 Å². The van der Waals surface area contributed by atoms with Crippen LogP contribution in [0.3, 0.4) is 0 Å². The third kappa shape index (κ3) is 2.60. The van der Waals surface area contributed by atoms with E-state index in [1.54, 1.807) is 31.3 Å². The van der Waals surface area contributed by atoms with Crippen LogP contribution >= 0.6 is 11.6 Å². The van der Waals surface area contributed by atoms with Crippen LogP contribution in [0.25, 0.3) is 5.69 Å². The van der Waals surface area contributed by atoms with Crippen LogP contribution < -0.4 is 16.7 Å². The monoisotopic (exact) mass is 294 g/mol. The van der Waals surface area contributed by atoms with E-state index in [9.17, 15) is 9.59 Å². The summed E-state index contributed by atoms with van der Waals surface area (Å²) in [6, 6.07) is 6.47. The topological polar surface area (TPSA) is 68.9 Å². The third-order valence-corrected chi connectivity index (χ3v) is 3.08. The van der Waals surface area contributed by atoms with Gasteiger partial charge in [0.05, 0.1) is 5.69 Å². The first-order chi connectivity index (χ1) is 9.58. The molecule has 0 amide bonds. The van der Waals surface area contributed by atoms with Gasteiger partial charge in [-0.2, -0.15) is 4.98 Å². The van der Waals surface area contributed by atoms with E-state index in [2.05, 4.69) is 10.3 Å². The highest BCUT2D eigenvalue weighted by Crippen LogP contribution is 2.11. The molecule has 0 unspecified atom stereocenters. The van der Waals surface area contributed by atoms with E-state index in [1.807, 2.05) is 6.92 Å². The molecule has 1 heterocycles. The summed E-state index contributed by atoms with van der Waals surface area (Å²) in [5.74, 6) is 0.270. The standard InChI is InChI=1S/C13H15ClN4O2/c1-3-8-17-11(15-2)16-12(19)18(13(17)20)10-6-4-9(14)5-7-10/h4-7H,3,8H2,1-2H3,(H,15,16,19). The summed E-state index contributed by atoms with van der Waals surface area (Å²) in [4.78, 5) is 28.4. The Hall–Kier alpha value is -2.08. The van der Waals surface area contributed by atoms with E-state index >= 15 is 0 Å². The average Bonchev–Trinajstić information content (AvgIpc) is 2.44. The van der Waals surface area contributed by atoms with Crippen molar-refractivity contribution in [3.63, 3.8) is 0 Å². The highest BCUT2D eigenvalue weighted by molar-refractivity contribution is 6.30. The molecule has 0 aliphatic heterocycles. The number of hydrogen-bond acceptors (Lipinski definition) is 4. The molecule has 0 atom stereocenters. The lowest BCUT2D eigenvalue weighted by Crippen LogP contribution is -2.41. The minimum absolute atomic E-state index is 0.270. The molecule has 2 rings (SSSR count). The van der Waals surface area contributed by atoms with Crippen LogP contribution in [0, 0.1) is 0 Å². The van der Waals surface area contributed by atoms with E-state index in [-0.39, 0.29) is 5.95 Å². The largest absolute Gasteiger partial charge is 0.359 e. The Balaban J connectivity index is 2.70. The van der Waals surface area contributed by atoms with Gasteiger partial charge in [0.25, 0.3) is 0 Å². The Morgan fingerprint density at radius 1 is 1.25 bits per heavy atom. The van der Waals surface area contributed by atoms with Crippen LogP contribution in [-0.2, 0) is 6.54 Å². The third-order valence-electron chi connectivity index (χ3n) is 2.83. The molecular formula is C13H15ClN4O2. The molecule has 0 spiro atoms. The first-order valence-electron chi connectivity index (χ1n) is 6.26. The summed E-state index contributed by atoms with van der Waals surface area (Å²) in [6.07, 6.45) is 0.759. The lowest BCUT2D eigenvalue weighted by atomic mass is 10.3. The first-order valence-corrected chi connectivity index (χ1v) is 6.64. The molecule has 0 bridgehead atoms. The molecular weight excluding hydrogens is 280 g/mol. The van der Waals surface area contributed by atoms with Crippen molar-refractivity contribution in [2.75, 3.05) is 12.4 Å². The molecule has 0 aliphatic rings. The van der Waals surface area contributed by atoms with Crippen molar-refractivity contribution in [3.05, 3.63) is 50.3 Å². The molecule has 20 heavy (non-hydrogen) atoms. The van der Waals surface area contributed by atoms with Gasteiger partial charge in [0.1, 0.15) is 0 Å². The van der Waals surface area contributed by atoms with Gasteiger partial charge in [-0.25, -0.2) is 14.2 Å². The van der Waals surface area contributed by atoms with Crippen molar-refractivity contribution >= 4 is 17.5 Å². The zero-order valence-corrected chi connectivity index (χ0v) is 12.0. The number of benzene rings is 1. The quantitative estimate of drug-likeness (QED) is 0.928. The minimum Gasteiger partial charge on any atom is -0.358 e. The normalized spacial score (nSPS) is 10.6. The van der Waals surface area contributed by atoms with Gasteiger partial charge in [-0.1, -0.05) is 18.5 Å². The van der Waals surface area contributed by atoms with Crippen LogP contribution in [0.5, 0.6) is 0 Å². The molecule has 106 valence electrons. The van der Waals surface area contributed by atoms with Gasteiger partial charge in [-0.3, -0.25) is 4.57 Å². The summed E-state index contributed by atoms with van der Waals surface area (Å²) in [7, 11) is 1.63. The summed E-state index contributed by atoms with van der Waals surface area (Å²) in [5, 5.41) is 3.30. The molecule has 6 nitrogen and oxygen atoms in total. The average molecular weight is 295 g/mol. The first kappa shape index (κ1) is 14.3. The summed E-state index contributed by atoms with van der Waals surface area (Å²) in [6.45, 7) is 2.43. The molecule has 0 aliphatic carbocycles. The van der Waals surface area contributed by atoms with Gasteiger partial charge < -0.3 is 5.32 Å². The van der Waals surface area contributed by atoms with Crippen molar-refractivity contribution in [2.24, 2.45) is 0 Å². The molecule has 0 saturated heterocycles. The van der Waals surface area contributed by atoms with Crippen molar-refractivity contribution in [2.45, 2.75) is 19.9 Å². The highest BCUT2D eigenvalue weighted by atomic mass is 35.5. The smallest absolute Gasteiger partial charge is 0.358 e. The van der Waals surface area contributed by atoms with E-state index in [1.165, 1.54) is 4.57 Å². The van der Waals surface area contributed by atoms with Crippen molar-refractivity contribution in [1.29, 1.82) is 0 Å². The Morgan fingerprint density at radius 2 is 1.90 bits per heavy atom. The van der Waals surface area contributed by atoms with Crippen LogP contribution in [0.4, 0.5) is 5.95 Å². The number of rotatable bonds is 4. The number of aromatic nitrogens is 3. The van der Waals surface area contributed by atoms with E-state index in [0.29, 0.717) is 17.3 Å². The molecule has 1 aromatic carbocycles. The Morgan fingerprint density at radius 3 is 2.45 bits per heavy atom. The second-order valence-electron chi connectivity index (χ2n) is 4.21. The van der Waals surface area contributed by atoms with Gasteiger partial charge in [0.2, 0.25) is 5.95 Å². The lowest BCUT2D eigenvalue weighted by molar-refractivity contribution is 0.597. The van der Waals surface area contributed by atoms with Crippen LogP contribution in [0.15, 0.2) is 33.9 Å². The van der Waals surface area contributed by atoms with Crippen molar-refractivity contribution < 1.29 is 0 Å². The second-order valence-corrected chi connectivity index (χ2v) is 4.65. The van der Waals surface area contributed by atoms with Crippen molar-refractivity contribution in [3.8, 4) is 5.69 Å². The maximum absolute atomic E-state index is 12.5. The highest BCUT2D eigenvalue weighted by Gasteiger charge is 2.12. The maximum Gasteiger partial charge on any atom is 0.359 e. The Bertz CT molecular complexity index is 719. The molecule has 0 fully saturated rings.